The van der Waals surface area contributed by atoms with E-state index in [1.807, 2.05) is 0 Å². The molecule has 2 heterocycles. The van der Waals surface area contributed by atoms with Crippen molar-refractivity contribution in [1.82, 2.24) is 0 Å². The Morgan fingerprint density at radius 2 is 0.735 bits per heavy atom. The third-order valence-corrected chi connectivity index (χ3v) is 19.8. The molecule has 4 heteroatoms. The van der Waals surface area contributed by atoms with Gasteiger partial charge in [0.05, 0.1) is 0 Å². The molecule has 1 aliphatic carbocycles. The van der Waals surface area contributed by atoms with Gasteiger partial charge in [-0.2, -0.15) is 0 Å². The number of furan rings is 1. The molecule has 14 aromatic rings. The third-order valence-electron chi connectivity index (χ3n) is 16.8. The molecule has 0 radical (unpaired) electrons. The molecule has 1 aromatic heterocycles. The number of hydrogen-bond donors (Lipinski definition) is 0. The van der Waals surface area contributed by atoms with Crippen LogP contribution < -0.4 is 31.0 Å². The standard InChI is InChI=1S/C79H52IN2O/c1-6-23-53(24-7-1)57-31-22-34-61(46-57)82(64-47-58(54-25-8-2-9-26-54)45-59(48-64)55-27-10-3-11-28-55)63-41-43-72-75(51-63)80-74-44-42-62(50-73(74)79(72)70-38-19-16-35-66(70)67-36-17-20-39-71(67)79)81(60-32-14-5-15-33-60)65-49-69(56-29-12-4-13-30-56)78-68-37-18-21-40-76(68)83-77(78)52-65/h1-52H/q-1. The fourth-order valence-corrected chi connectivity index (χ4v) is 16.4. The molecule has 0 fully saturated rings. The van der Waals surface area contributed by atoms with E-state index in [9.17, 15) is 0 Å². The Kier molecular flexibility index (Phi) is 11.9. The first-order valence-corrected chi connectivity index (χ1v) is 30.5. The zero-order chi connectivity index (χ0) is 54.8. The minimum atomic E-state index is -0.737. The van der Waals surface area contributed by atoms with Crippen molar-refractivity contribution in [1.29, 1.82) is 0 Å². The van der Waals surface area contributed by atoms with E-state index in [1.54, 1.807) is 0 Å². The van der Waals surface area contributed by atoms with Gasteiger partial charge < -0.3 is 0 Å². The first kappa shape index (κ1) is 48.9. The van der Waals surface area contributed by atoms with E-state index < -0.39 is 26.6 Å². The zero-order valence-electron chi connectivity index (χ0n) is 45.2. The Labute approximate surface area is 493 Å². The Morgan fingerprint density at radius 3 is 1.40 bits per heavy atom. The first-order valence-electron chi connectivity index (χ1n) is 28.3. The quantitative estimate of drug-likeness (QED) is 0.127. The van der Waals surface area contributed by atoms with Crippen LogP contribution in [0.15, 0.2) is 320 Å². The van der Waals surface area contributed by atoms with Gasteiger partial charge in [-0.1, -0.05) is 0 Å². The van der Waals surface area contributed by atoms with Gasteiger partial charge in [-0.05, 0) is 0 Å². The Balaban J connectivity index is 0.921. The number of benzene rings is 13. The number of fused-ring (bicyclic) bond motifs is 12. The van der Waals surface area contributed by atoms with Crippen molar-refractivity contribution in [3.05, 3.63) is 345 Å². The van der Waals surface area contributed by atoms with E-state index in [2.05, 4.69) is 325 Å². The van der Waals surface area contributed by atoms with E-state index in [0.29, 0.717) is 0 Å². The second kappa shape index (κ2) is 20.2. The molecule has 392 valence electrons. The predicted octanol–water partition coefficient (Wildman–Crippen LogP) is 18.0. The molecular formula is C79H52IN2O-. The van der Waals surface area contributed by atoms with E-state index in [0.717, 1.165) is 78.3 Å². The second-order valence-electron chi connectivity index (χ2n) is 21.5. The summed E-state index contributed by atoms with van der Waals surface area (Å²) in [4.78, 5) is 4.93. The van der Waals surface area contributed by atoms with Crippen molar-refractivity contribution in [2.45, 2.75) is 5.41 Å². The third kappa shape index (κ3) is 8.23. The van der Waals surface area contributed by atoms with Crippen molar-refractivity contribution >= 4 is 56.1 Å². The van der Waals surface area contributed by atoms with Crippen LogP contribution in [0, 0.1) is 7.14 Å². The van der Waals surface area contributed by atoms with Crippen LogP contribution in [0.1, 0.15) is 22.3 Å². The van der Waals surface area contributed by atoms with Gasteiger partial charge >= 0.3 is 497 Å². The van der Waals surface area contributed by atoms with Crippen LogP contribution in [0.2, 0.25) is 0 Å². The molecule has 3 nitrogen and oxygen atoms in total. The number of para-hydroxylation sites is 2. The van der Waals surface area contributed by atoms with Gasteiger partial charge in [-0.15, -0.1) is 0 Å². The van der Waals surface area contributed by atoms with Crippen LogP contribution in [0.5, 0.6) is 0 Å². The van der Waals surface area contributed by atoms with E-state index >= 15 is 0 Å². The topological polar surface area (TPSA) is 19.6 Å². The summed E-state index contributed by atoms with van der Waals surface area (Å²) in [5, 5.41) is 2.23. The number of nitrogens with zero attached hydrogens (tertiary/aromatic N) is 2. The fraction of sp³-hybridized carbons (Fsp3) is 0.0127. The van der Waals surface area contributed by atoms with Crippen molar-refractivity contribution in [3.63, 3.8) is 0 Å². The number of rotatable bonds is 10. The Bertz CT molecular complexity index is 4660. The van der Waals surface area contributed by atoms with E-state index in [-0.39, 0.29) is 0 Å². The average Bonchev–Trinajstić information content (AvgIpc) is 1.84. The molecule has 0 amide bonds. The van der Waals surface area contributed by atoms with Crippen molar-refractivity contribution in [2.75, 3.05) is 9.80 Å². The van der Waals surface area contributed by atoms with Crippen molar-refractivity contribution in [3.8, 4) is 55.6 Å². The van der Waals surface area contributed by atoms with Crippen LogP contribution in [-0.4, -0.2) is 0 Å². The number of halogens is 1. The molecule has 13 aromatic carbocycles. The maximum atomic E-state index is 6.80. The van der Waals surface area contributed by atoms with Crippen LogP contribution >= 0.6 is 0 Å². The van der Waals surface area contributed by atoms with E-state index in [4.69, 9.17) is 4.42 Å². The summed E-state index contributed by atoms with van der Waals surface area (Å²) in [6.45, 7) is 0. The zero-order valence-corrected chi connectivity index (χ0v) is 47.4. The fourth-order valence-electron chi connectivity index (χ4n) is 13.2. The van der Waals surface area contributed by atoms with Crippen molar-refractivity contribution in [2.24, 2.45) is 0 Å². The van der Waals surface area contributed by atoms with Crippen molar-refractivity contribution < 1.29 is 25.6 Å². The van der Waals surface area contributed by atoms with Gasteiger partial charge in [0.15, 0.2) is 0 Å². The summed E-state index contributed by atoms with van der Waals surface area (Å²) in [7, 11) is 0. The molecule has 16 rings (SSSR count). The van der Waals surface area contributed by atoms with Gasteiger partial charge in [0.2, 0.25) is 0 Å². The summed E-state index contributed by atoms with van der Waals surface area (Å²) in [6.07, 6.45) is 0. The minimum absolute atomic E-state index is 0.615. The molecule has 83 heavy (non-hydrogen) atoms. The summed E-state index contributed by atoms with van der Waals surface area (Å²) in [5.74, 6) is 0. The van der Waals surface area contributed by atoms with Crippen LogP contribution in [0.4, 0.5) is 34.1 Å². The monoisotopic (exact) mass is 1170 g/mol. The molecule has 0 unspecified atom stereocenters. The Hall–Kier alpha value is -10.0. The van der Waals surface area contributed by atoms with Gasteiger partial charge in [-0.25, -0.2) is 0 Å². The van der Waals surface area contributed by atoms with Crippen LogP contribution in [-0.2, 0) is 5.41 Å². The number of anilines is 6. The second-order valence-corrected chi connectivity index (χ2v) is 24.4. The summed E-state index contributed by atoms with van der Waals surface area (Å²) >= 11 is -0.737. The van der Waals surface area contributed by atoms with Gasteiger partial charge in [0.25, 0.3) is 0 Å². The normalized spacial score (nSPS) is 12.7. The summed E-state index contributed by atoms with van der Waals surface area (Å²) < 4.78 is 9.61. The molecule has 0 saturated carbocycles. The predicted molar refractivity (Wildman–Crippen MR) is 340 cm³/mol. The molecule has 0 bridgehead atoms. The maximum absolute atomic E-state index is 6.80. The number of hydrogen-bond acceptors (Lipinski definition) is 3. The first-order chi connectivity index (χ1) is 41.1. The van der Waals surface area contributed by atoms with Gasteiger partial charge in [-0.3, -0.25) is 0 Å². The molecule has 0 atom stereocenters. The van der Waals surface area contributed by atoms with Crippen LogP contribution in [0.25, 0.3) is 77.6 Å². The molecule has 2 aliphatic rings. The summed E-state index contributed by atoms with van der Waals surface area (Å²) in [6, 6.07) is 116. The average molecular weight is 1170 g/mol. The van der Waals surface area contributed by atoms with Crippen LogP contribution in [0.3, 0.4) is 0 Å². The molecule has 0 N–H and O–H groups in total. The van der Waals surface area contributed by atoms with E-state index in [1.165, 1.54) is 62.8 Å². The summed E-state index contributed by atoms with van der Waals surface area (Å²) in [5.41, 5.74) is 24.8. The molecular weight excluding hydrogens is 1120 g/mol. The molecule has 1 aliphatic heterocycles. The molecule has 1 spiro atoms. The molecule has 0 saturated heterocycles. The van der Waals surface area contributed by atoms with Gasteiger partial charge in [0, 0.05) is 0 Å². The Morgan fingerprint density at radius 1 is 0.253 bits per heavy atom. The SMILES string of the molecule is c1ccc(-c2cccc(N(c3cc(-c4ccccc4)cc(-c4ccccc4)c3)c3ccc4c(c3)[I-]c3ccc(N(c5ccccc5)c5cc(-c6ccccc6)c6c(c5)oc5ccccc56)cc3C43c4ccccc4-c4ccccc43)c2)cc1. The van der Waals surface area contributed by atoms with Gasteiger partial charge in [0.1, 0.15) is 0 Å².